The van der Waals surface area contributed by atoms with Gasteiger partial charge >= 0.3 is 33.6 Å². The predicted molar refractivity (Wildman–Crippen MR) is 491 cm³/mol. The molecule has 0 spiro atoms. The van der Waals surface area contributed by atoms with E-state index in [1.54, 1.807) is 0 Å². The molecule has 117 heavy (non-hydrogen) atoms. The van der Waals surface area contributed by atoms with E-state index in [-0.39, 0.29) is 19.3 Å². The molecule has 5 atom stereocenters. The van der Waals surface area contributed by atoms with Gasteiger partial charge in [-0.05, 0) is 154 Å². The van der Waals surface area contributed by atoms with Crippen molar-refractivity contribution in [1.82, 2.24) is 0 Å². The maximum atomic E-state index is 13.0. The fraction of sp³-hybridized carbons (Fsp3) is 0.646. The summed E-state index contributed by atoms with van der Waals surface area (Å²) >= 11 is 0. The second kappa shape index (κ2) is 89.6. The van der Waals surface area contributed by atoms with Crippen molar-refractivity contribution in [2.75, 3.05) is 39.6 Å². The first kappa shape index (κ1) is 111. The summed E-state index contributed by atoms with van der Waals surface area (Å²) in [6.07, 6.45) is 119. The zero-order valence-corrected chi connectivity index (χ0v) is 75.1. The third-order valence-corrected chi connectivity index (χ3v) is 20.7. The zero-order valence-electron chi connectivity index (χ0n) is 73.3. The second-order valence-electron chi connectivity index (χ2n) is 30.0. The van der Waals surface area contributed by atoms with Crippen LogP contribution < -0.4 is 0 Å². The van der Waals surface area contributed by atoms with Crippen LogP contribution in [0.5, 0.6) is 0 Å². The average Bonchev–Trinajstić information content (AvgIpc) is 0.891. The quantitative estimate of drug-likeness (QED) is 0.0146. The number of hydrogen-bond acceptors (Lipinski definition) is 14. The molecule has 5 unspecified atom stereocenters. The number of allylic oxidation sites excluding steroid dienone is 32. The Bertz CT molecular complexity index is 2910. The molecule has 0 radical (unpaired) electrons. The van der Waals surface area contributed by atoms with Crippen LogP contribution in [0.15, 0.2) is 194 Å². The number of esters is 3. The van der Waals surface area contributed by atoms with Crippen molar-refractivity contribution in [2.45, 2.75) is 373 Å². The van der Waals surface area contributed by atoms with E-state index in [1.165, 1.54) is 148 Å². The molecule has 0 heterocycles. The molecule has 0 aliphatic heterocycles. The number of phosphoric ester groups is 2. The summed E-state index contributed by atoms with van der Waals surface area (Å²) < 4.78 is 61.3. The van der Waals surface area contributed by atoms with E-state index < -0.39 is 91.5 Å². The van der Waals surface area contributed by atoms with Crippen molar-refractivity contribution in [3.05, 3.63) is 194 Å². The topological polar surface area (TPSA) is 231 Å². The number of rotatable bonds is 85. The first-order valence-electron chi connectivity index (χ1n) is 45.7. The molecule has 16 nitrogen and oxygen atoms in total. The molecule has 0 saturated carbocycles. The minimum atomic E-state index is -4.97. The summed E-state index contributed by atoms with van der Waals surface area (Å²) in [4.78, 5) is 58.9. The van der Waals surface area contributed by atoms with E-state index in [4.69, 9.17) is 32.3 Å². The van der Waals surface area contributed by atoms with Crippen molar-refractivity contribution in [2.24, 2.45) is 0 Å². The Morgan fingerprint density at radius 3 is 0.752 bits per heavy atom. The Morgan fingerprint density at radius 1 is 0.248 bits per heavy atom. The molecule has 0 saturated heterocycles. The highest BCUT2D eigenvalue weighted by atomic mass is 31.2. The lowest BCUT2D eigenvalue weighted by Gasteiger charge is -2.21. The van der Waals surface area contributed by atoms with Crippen molar-refractivity contribution >= 4 is 33.6 Å². The van der Waals surface area contributed by atoms with Crippen LogP contribution in [0.25, 0.3) is 0 Å². The standard InChI is InChI=1S/C99H164O16P2/c1-4-7-10-13-16-19-22-25-28-31-34-36-38-40-42-44-46-48-50-52-54-56-59-61-64-67-70-73-76-79-82-85-97(102)109-88-94(100)89-111-116(105,106)112-90-95(101)91-113-117(107,108)114-93-96(115-99(104)87-84-81-78-75-72-69-66-63-58-33-30-27-24-21-18-15-12-9-6-3)92-110-98(103)86-83-80-77-74-71-68-65-62-60-57-55-53-51-49-47-45-43-41-39-37-35-32-29-26-23-20-17-14-11-8-5-2/h7,9-10,12,16-21,25-30,34-37,40-43,46,48,58,63,69,72,78,81,94-96,100-101H,4-6,8,11,13-15,22-24,31-33,38-39,44-45,47,49-57,59-62,64-68,70-71,73-77,79-80,82-93H2,1-3H3,(H,105,106)(H,107,108)/b10-7-,12-9-,19-16-,20-17-,21-18-,28-25-,29-26-,30-27-,36-34-,37-35-,42-40-,43-41-,48-46-,63-58-,72-69-,81-78-. The van der Waals surface area contributed by atoms with Crippen LogP contribution in [0.1, 0.15) is 355 Å². The number of unbranched alkanes of at least 4 members (excludes halogenated alkanes) is 30. The van der Waals surface area contributed by atoms with Crippen molar-refractivity contribution in [3.63, 3.8) is 0 Å². The third kappa shape index (κ3) is 91.0. The van der Waals surface area contributed by atoms with Crippen molar-refractivity contribution in [3.8, 4) is 0 Å². The first-order valence-corrected chi connectivity index (χ1v) is 48.7. The largest absolute Gasteiger partial charge is 0.472 e. The lowest BCUT2D eigenvalue weighted by atomic mass is 10.0. The van der Waals surface area contributed by atoms with Crippen molar-refractivity contribution in [1.29, 1.82) is 0 Å². The van der Waals surface area contributed by atoms with E-state index in [1.807, 2.05) is 18.2 Å². The molecule has 4 N–H and O–H groups in total. The zero-order chi connectivity index (χ0) is 85.1. The van der Waals surface area contributed by atoms with Crippen LogP contribution in [-0.2, 0) is 55.8 Å². The Balaban J connectivity index is 4.61. The minimum Gasteiger partial charge on any atom is -0.463 e. The molecule has 666 valence electrons. The summed E-state index contributed by atoms with van der Waals surface area (Å²) in [5, 5.41) is 20.7. The van der Waals surface area contributed by atoms with E-state index in [0.29, 0.717) is 25.7 Å². The first-order chi connectivity index (χ1) is 57.2. The number of hydrogen-bond donors (Lipinski definition) is 4. The maximum absolute atomic E-state index is 13.0. The maximum Gasteiger partial charge on any atom is 0.472 e. The number of phosphoric acid groups is 2. The van der Waals surface area contributed by atoms with Gasteiger partial charge in [0.05, 0.1) is 26.4 Å². The molecule has 0 amide bonds. The molecule has 0 aromatic carbocycles. The van der Waals surface area contributed by atoms with Crippen LogP contribution in [0.3, 0.4) is 0 Å². The smallest absolute Gasteiger partial charge is 0.463 e. The van der Waals surface area contributed by atoms with E-state index in [9.17, 15) is 43.5 Å². The summed E-state index contributed by atoms with van der Waals surface area (Å²) in [5.41, 5.74) is 0. The van der Waals surface area contributed by atoms with Gasteiger partial charge < -0.3 is 34.2 Å². The Kier molecular flexibility index (Phi) is 85.3. The fourth-order valence-corrected chi connectivity index (χ4v) is 13.5. The van der Waals surface area contributed by atoms with E-state index in [0.717, 1.165) is 141 Å². The van der Waals surface area contributed by atoms with Gasteiger partial charge in [0.1, 0.15) is 25.4 Å². The molecule has 18 heteroatoms. The molecule has 0 aliphatic rings. The van der Waals surface area contributed by atoms with Gasteiger partial charge in [-0.3, -0.25) is 32.5 Å². The van der Waals surface area contributed by atoms with Crippen LogP contribution in [0.2, 0.25) is 0 Å². The fourth-order valence-electron chi connectivity index (χ4n) is 11.9. The molecule has 0 fully saturated rings. The van der Waals surface area contributed by atoms with E-state index in [2.05, 4.69) is 197 Å². The molecule has 0 aliphatic carbocycles. The number of carbonyl (C=O) groups excluding carboxylic acids is 3. The van der Waals surface area contributed by atoms with Crippen LogP contribution in [-0.4, -0.2) is 95.9 Å². The van der Waals surface area contributed by atoms with E-state index >= 15 is 0 Å². The molecule has 0 bridgehead atoms. The van der Waals surface area contributed by atoms with Gasteiger partial charge in [0.15, 0.2) is 6.10 Å². The highest BCUT2D eigenvalue weighted by Crippen LogP contribution is 2.45. The Morgan fingerprint density at radius 2 is 0.470 bits per heavy atom. The minimum absolute atomic E-state index is 0.0256. The monoisotopic (exact) mass is 1670 g/mol. The van der Waals surface area contributed by atoms with Gasteiger partial charge in [-0.2, -0.15) is 0 Å². The van der Waals surface area contributed by atoms with Crippen LogP contribution in [0.4, 0.5) is 0 Å². The van der Waals surface area contributed by atoms with Gasteiger partial charge in [0, 0.05) is 19.3 Å². The molecule has 0 rings (SSSR count). The Labute approximate surface area is 712 Å². The van der Waals surface area contributed by atoms with Gasteiger partial charge in [-0.1, -0.05) is 376 Å². The summed E-state index contributed by atoms with van der Waals surface area (Å²) in [7, 11) is -9.84. The second-order valence-corrected chi connectivity index (χ2v) is 32.9. The SMILES string of the molecule is CC/C=C\C/C=C\C/C=C\C/C=C\C/C=C\C/C=C\CCCCCCCCCCCCCCC(=O)OCC(O)COP(=O)(O)OCC(O)COP(=O)(O)OCC(COC(=O)CCCCCCCCCCCCCCCCC/C=C\C/C=C\C/C=C\C/C=C\CCCCC)OC(=O)CC/C=C\C/C=C\C/C=C\C/C=C\C/C=C\C/C=C\CC. The summed E-state index contributed by atoms with van der Waals surface area (Å²) in [6, 6.07) is 0. The normalized spacial score (nSPS) is 14.7. The van der Waals surface area contributed by atoms with Crippen LogP contribution >= 0.6 is 15.6 Å². The number of aliphatic hydroxyl groups is 2. The van der Waals surface area contributed by atoms with Gasteiger partial charge in [-0.25, -0.2) is 9.13 Å². The summed E-state index contributed by atoms with van der Waals surface area (Å²) in [5.74, 6) is -1.68. The number of aliphatic hydroxyl groups excluding tert-OH is 2. The molecular weight excluding hydrogens is 1510 g/mol. The average molecular weight is 1670 g/mol. The number of ether oxygens (including phenoxy) is 3. The highest BCUT2D eigenvalue weighted by Gasteiger charge is 2.29. The number of carbonyl (C=O) groups is 3. The Hall–Kier alpha value is -5.61. The van der Waals surface area contributed by atoms with Crippen LogP contribution in [0, 0.1) is 0 Å². The van der Waals surface area contributed by atoms with Crippen molar-refractivity contribution < 1.29 is 75.8 Å². The lowest BCUT2D eigenvalue weighted by Crippen LogP contribution is -2.29. The predicted octanol–water partition coefficient (Wildman–Crippen LogP) is 28.2. The molecule has 0 aromatic rings. The highest BCUT2D eigenvalue weighted by molar-refractivity contribution is 7.47. The molecular formula is C99H164O16P2. The van der Waals surface area contributed by atoms with Gasteiger partial charge in [-0.15, -0.1) is 0 Å². The summed E-state index contributed by atoms with van der Waals surface area (Å²) in [6.45, 7) is 2.35. The lowest BCUT2D eigenvalue weighted by molar-refractivity contribution is -0.161. The van der Waals surface area contributed by atoms with Gasteiger partial charge in [0.2, 0.25) is 0 Å². The molecule has 0 aromatic heterocycles. The third-order valence-electron chi connectivity index (χ3n) is 18.8. The van der Waals surface area contributed by atoms with Gasteiger partial charge in [0.25, 0.3) is 0 Å².